The number of carbonyl (C=O) groups is 1. The van der Waals surface area contributed by atoms with Gasteiger partial charge in [-0.2, -0.15) is 0 Å². The second-order valence-electron chi connectivity index (χ2n) is 3.03. The molecule has 7 nitrogen and oxygen atoms in total. The molecule has 0 aromatic carbocycles. The first-order valence-electron chi connectivity index (χ1n) is 4.65. The molecule has 1 N–H and O–H groups in total. The summed E-state index contributed by atoms with van der Waals surface area (Å²) in [5, 5.41) is 13.3. The third kappa shape index (κ3) is 3.99. The Balaban J connectivity index is 2.60. The molecule has 1 rings (SSSR count). The van der Waals surface area contributed by atoms with Crippen LogP contribution in [-0.4, -0.2) is 29.5 Å². The van der Waals surface area contributed by atoms with Crippen LogP contribution in [0.3, 0.4) is 0 Å². The van der Waals surface area contributed by atoms with Crippen molar-refractivity contribution >= 4 is 33.4 Å². The first-order valence-corrected chi connectivity index (χ1v) is 5.44. The lowest BCUT2D eigenvalue weighted by molar-refractivity contribution is -0.385. The number of methoxy groups -OCH3 is 1. The van der Waals surface area contributed by atoms with E-state index in [9.17, 15) is 14.9 Å². The van der Waals surface area contributed by atoms with Gasteiger partial charge in [0.05, 0.1) is 22.9 Å². The van der Waals surface area contributed by atoms with Crippen LogP contribution in [0.1, 0.15) is 6.42 Å². The standard InChI is InChI=1S/C9H10BrN3O4/c1-17-8(14)2-3-11-9-7(10)4-6(5-12-9)13(15)16/h4-5H,2-3H2,1H3,(H,11,12). The number of nitro groups is 1. The van der Waals surface area contributed by atoms with E-state index >= 15 is 0 Å². The van der Waals surface area contributed by atoms with Gasteiger partial charge in [0, 0.05) is 12.6 Å². The zero-order valence-electron chi connectivity index (χ0n) is 8.97. The van der Waals surface area contributed by atoms with E-state index in [0.717, 1.165) is 6.20 Å². The summed E-state index contributed by atoms with van der Waals surface area (Å²) in [6.45, 7) is 0.343. The summed E-state index contributed by atoms with van der Waals surface area (Å²) in [4.78, 5) is 24.7. The number of ether oxygens (including phenoxy) is 1. The Morgan fingerprint density at radius 1 is 1.71 bits per heavy atom. The Morgan fingerprint density at radius 3 is 2.94 bits per heavy atom. The maximum absolute atomic E-state index is 10.8. The lowest BCUT2D eigenvalue weighted by atomic mass is 10.4. The van der Waals surface area contributed by atoms with Gasteiger partial charge in [-0.3, -0.25) is 14.9 Å². The number of hydrogen-bond acceptors (Lipinski definition) is 6. The third-order valence-corrected chi connectivity index (χ3v) is 2.49. The highest BCUT2D eigenvalue weighted by molar-refractivity contribution is 9.10. The average Bonchev–Trinajstić information content (AvgIpc) is 2.30. The van der Waals surface area contributed by atoms with E-state index in [1.807, 2.05) is 0 Å². The predicted octanol–water partition coefficient (Wildman–Crippen LogP) is 1.73. The smallest absolute Gasteiger partial charge is 0.307 e. The Bertz CT molecular complexity index is 438. The van der Waals surface area contributed by atoms with Crippen LogP contribution in [0.4, 0.5) is 11.5 Å². The van der Waals surface area contributed by atoms with Crippen LogP contribution < -0.4 is 5.32 Å². The molecule has 0 radical (unpaired) electrons. The molecule has 0 amide bonds. The fraction of sp³-hybridized carbons (Fsp3) is 0.333. The second kappa shape index (κ2) is 6.14. The normalized spacial score (nSPS) is 9.76. The average molecular weight is 304 g/mol. The second-order valence-corrected chi connectivity index (χ2v) is 3.89. The van der Waals surface area contributed by atoms with E-state index in [-0.39, 0.29) is 18.1 Å². The molecule has 0 saturated carbocycles. The molecule has 1 aromatic heterocycles. The number of aromatic nitrogens is 1. The highest BCUT2D eigenvalue weighted by Crippen LogP contribution is 2.24. The fourth-order valence-corrected chi connectivity index (χ4v) is 1.52. The molecule has 0 atom stereocenters. The Hall–Kier alpha value is -1.70. The Kier molecular flexibility index (Phi) is 4.83. The number of nitrogens with one attached hydrogen (secondary N) is 1. The monoisotopic (exact) mass is 303 g/mol. The van der Waals surface area contributed by atoms with Gasteiger partial charge >= 0.3 is 5.97 Å². The molecule has 0 aliphatic heterocycles. The topological polar surface area (TPSA) is 94.4 Å². The van der Waals surface area contributed by atoms with E-state index in [4.69, 9.17) is 0 Å². The van der Waals surface area contributed by atoms with E-state index in [1.165, 1.54) is 13.2 Å². The van der Waals surface area contributed by atoms with Gasteiger partial charge in [-0.1, -0.05) is 0 Å². The van der Waals surface area contributed by atoms with Gasteiger partial charge in [-0.25, -0.2) is 4.98 Å². The van der Waals surface area contributed by atoms with Crippen molar-refractivity contribution in [2.45, 2.75) is 6.42 Å². The maximum atomic E-state index is 10.8. The van der Waals surface area contributed by atoms with Gasteiger partial charge in [-0.15, -0.1) is 0 Å². The predicted molar refractivity (Wildman–Crippen MR) is 63.7 cm³/mol. The van der Waals surface area contributed by atoms with Crippen LogP contribution in [0.15, 0.2) is 16.7 Å². The van der Waals surface area contributed by atoms with E-state index in [2.05, 4.69) is 31.0 Å². The quantitative estimate of drug-likeness (QED) is 0.506. The van der Waals surface area contributed by atoms with Gasteiger partial charge in [0.1, 0.15) is 12.0 Å². The van der Waals surface area contributed by atoms with Crippen molar-refractivity contribution in [3.8, 4) is 0 Å². The molecule has 0 fully saturated rings. The molecule has 0 aliphatic rings. The third-order valence-electron chi connectivity index (χ3n) is 1.89. The van der Waals surface area contributed by atoms with Crippen molar-refractivity contribution in [2.75, 3.05) is 19.0 Å². The summed E-state index contributed by atoms with van der Waals surface area (Å²) in [5.41, 5.74) is -0.101. The number of hydrogen-bond donors (Lipinski definition) is 1. The number of nitrogens with zero attached hydrogens (tertiary/aromatic N) is 2. The minimum Gasteiger partial charge on any atom is -0.469 e. The lowest BCUT2D eigenvalue weighted by Crippen LogP contribution is -2.10. The van der Waals surface area contributed by atoms with Crippen LogP contribution in [0.5, 0.6) is 0 Å². The molecule has 0 saturated heterocycles. The summed E-state index contributed by atoms with van der Waals surface area (Å²) < 4.78 is 4.94. The van der Waals surface area contributed by atoms with Crippen LogP contribution >= 0.6 is 15.9 Å². The van der Waals surface area contributed by atoms with Gasteiger partial charge in [-0.05, 0) is 15.9 Å². The Labute approximate surface area is 105 Å². The minimum absolute atomic E-state index is 0.101. The van der Waals surface area contributed by atoms with Gasteiger partial charge in [0.2, 0.25) is 0 Å². The SMILES string of the molecule is COC(=O)CCNc1ncc([N+](=O)[O-])cc1Br. The molecule has 92 valence electrons. The van der Waals surface area contributed by atoms with Crippen LogP contribution in [0.2, 0.25) is 0 Å². The Morgan fingerprint density at radius 2 is 2.41 bits per heavy atom. The molecule has 0 spiro atoms. The number of anilines is 1. The minimum atomic E-state index is -0.532. The van der Waals surface area contributed by atoms with Crippen molar-refractivity contribution < 1.29 is 14.5 Å². The van der Waals surface area contributed by atoms with Gasteiger partial charge in [0.25, 0.3) is 5.69 Å². The molecule has 8 heteroatoms. The van der Waals surface area contributed by atoms with Gasteiger partial charge < -0.3 is 10.1 Å². The van der Waals surface area contributed by atoms with E-state index < -0.39 is 4.92 Å². The number of halogens is 1. The molecule has 0 aliphatic carbocycles. The van der Waals surface area contributed by atoms with Crippen LogP contribution in [-0.2, 0) is 9.53 Å². The zero-order valence-corrected chi connectivity index (χ0v) is 10.6. The van der Waals surface area contributed by atoms with Gasteiger partial charge in [0.15, 0.2) is 0 Å². The highest BCUT2D eigenvalue weighted by atomic mass is 79.9. The summed E-state index contributed by atoms with van der Waals surface area (Å²) in [5.74, 6) is 0.107. The number of pyridine rings is 1. The molecule has 0 bridgehead atoms. The van der Waals surface area contributed by atoms with Crippen molar-refractivity contribution in [1.82, 2.24) is 4.98 Å². The number of rotatable bonds is 5. The molecule has 1 heterocycles. The molecular formula is C9H10BrN3O4. The van der Waals surface area contributed by atoms with Crippen molar-refractivity contribution in [3.63, 3.8) is 0 Å². The van der Waals surface area contributed by atoms with Crippen molar-refractivity contribution in [2.24, 2.45) is 0 Å². The van der Waals surface area contributed by atoms with Crippen LogP contribution in [0, 0.1) is 10.1 Å². The van der Waals surface area contributed by atoms with E-state index in [1.54, 1.807) is 0 Å². The summed E-state index contributed by atoms with van der Waals surface area (Å²) in [6, 6.07) is 1.34. The first kappa shape index (κ1) is 13.4. The summed E-state index contributed by atoms with van der Waals surface area (Å²) in [6.07, 6.45) is 1.34. The molecular weight excluding hydrogens is 294 g/mol. The highest BCUT2D eigenvalue weighted by Gasteiger charge is 2.10. The number of esters is 1. The maximum Gasteiger partial charge on any atom is 0.307 e. The first-order chi connectivity index (χ1) is 8.04. The van der Waals surface area contributed by atoms with Crippen molar-refractivity contribution in [1.29, 1.82) is 0 Å². The largest absolute Gasteiger partial charge is 0.469 e. The van der Waals surface area contributed by atoms with Crippen LogP contribution in [0.25, 0.3) is 0 Å². The summed E-state index contributed by atoms with van der Waals surface area (Å²) >= 11 is 3.15. The zero-order chi connectivity index (χ0) is 12.8. The number of carbonyl (C=O) groups excluding carboxylic acids is 1. The fourth-order valence-electron chi connectivity index (χ4n) is 1.04. The van der Waals surface area contributed by atoms with Crippen molar-refractivity contribution in [3.05, 3.63) is 26.9 Å². The van der Waals surface area contributed by atoms with E-state index in [0.29, 0.717) is 16.8 Å². The molecule has 0 unspecified atom stereocenters. The summed E-state index contributed by atoms with van der Waals surface area (Å²) in [7, 11) is 1.31. The molecule has 1 aromatic rings. The lowest BCUT2D eigenvalue weighted by Gasteiger charge is -2.06. The molecule has 17 heavy (non-hydrogen) atoms.